The first-order valence-electron chi connectivity index (χ1n) is 5.73. The molecule has 3 atom stereocenters. The van der Waals surface area contributed by atoms with E-state index >= 15 is 0 Å². The Balaban J connectivity index is 3.77. The number of rotatable bonds is 8. The summed E-state index contributed by atoms with van der Waals surface area (Å²) >= 11 is 2.02. The van der Waals surface area contributed by atoms with E-state index in [0.717, 1.165) is 11.0 Å². The van der Waals surface area contributed by atoms with Crippen molar-refractivity contribution in [1.29, 1.82) is 0 Å². The van der Waals surface area contributed by atoms with Crippen molar-refractivity contribution in [3.05, 3.63) is 0 Å². The lowest BCUT2D eigenvalue weighted by Crippen LogP contribution is -2.42. The summed E-state index contributed by atoms with van der Waals surface area (Å²) in [7, 11) is 0. The highest BCUT2D eigenvalue weighted by Crippen LogP contribution is 2.19. The maximum Gasteiger partial charge on any atom is 0.0326 e. The molecule has 0 aliphatic rings. The highest BCUT2D eigenvalue weighted by Gasteiger charge is 2.15. The van der Waals surface area contributed by atoms with Crippen LogP contribution in [-0.2, 0) is 0 Å². The van der Waals surface area contributed by atoms with Crippen LogP contribution in [0.1, 0.15) is 47.0 Å². The van der Waals surface area contributed by atoms with Crippen molar-refractivity contribution in [2.24, 2.45) is 11.8 Å². The van der Waals surface area contributed by atoms with Crippen molar-refractivity contribution < 1.29 is 0 Å². The molecule has 0 aliphatic carbocycles. The monoisotopic (exact) mass is 218 g/mol. The average molecular weight is 218 g/mol. The first-order chi connectivity index (χ1) is 6.65. The summed E-state index contributed by atoms with van der Waals surface area (Å²) in [6.45, 7) is 9.03. The van der Waals surface area contributed by atoms with Gasteiger partial charge in [-0.1, -0.05) is 34.1 Å². The lowest BCUT2D eigenvalue weighted by molar-refractivity contribution is 0.387. The minimum Gasteiger partial charge on any atom is -0.271 e. The van der Waals surface area contributed by atoms with Crippen LogP contribution in [0.4, 0.5) is 0 Å². The molecule has 0 fully saturated rings. The van der Waals surface area contributed by atoms with Gasteiger partial charge in [-0.05, 0) is 18.8 Å². The molecule has 0 bridgehead atoms. The lowest BCUT2D eigenvalue weighted by atomic mass is 9.99. The van der Waals surface area contributed by atoms with Crippen LogP contribution >= 0.6 is 11.8 Å². The highest BCUT2D eigenvalue weighted by atomic mass is 32.2. The van der Waals surface area contributed by atoms with Gasteiger partial charge in [0.1, 0.15) is 0 Å². The van der Waals surface area contributed by atoms with Crippen molar-refractivity contribution in [2.45, 2.75) is 58.2 Å². The minimum atomic E-state index is 0.467. The molecule has 0 aliphatic heterocycles. The van der Waals surface area contributed by atoms with E-state index in [2.05, 4.69) is 33.1 Å². The van der Waals surface area contributed by atoms with E-state index in [9.17, 15) is 0 Å². The van der Waals surface area contributed by atoms with Crippen LogP contribution in [0.2, 0.25) is 0 Å². The molecule has 3 heteroatoms. The number of hydrazine groups is 1. The lowest BCUT2D eigenvalue weighted by Gasteiger charge is -2.23. The zero-order valence-corrected chi connectivity index (χ0v) is 10.9. The van der Waals surface area contributed by atoms with Crippen LogP contribution in [0.25, 0.3) is 0 Å². The first kappa shape index (κ1) is 14.3. The summed E-state index contributed by atoms with van der Waals surface area (Å²) in [5, 5.41) is 0.750. The molecule has 0 saturated carbocycles. The third kappa shape index (κ3) is 5.89. The van der Waals surface area contributed by atoms with Gasteiger partial charge in [-0.25, -0.2) is 0 Å². The van der Waals surface area contributed by atoms with Crippen LogP contribution in [-0.4, -0.2) is 17.0 Å². The largest absolute Gasteiger partial charge is 0.271 e. The molecule has 0 radical (unpaired) electrons. The quantitative estimate of drug-likeness (QED) is 0.486. The maximum atomic E-state index is 5.57. The molecule has 2 nitrogen and oxygen atoms in total. The van der Waals surface area contributed by atoms with Crippen LogP contribution in [0.3, 0.4) is 0 Å². The zero-order valence-electron chi connectivity index (χ0n) is 10.0. The molecule has 86 valence electrons. The zero-order chi connectivity index (χ0) is 11.0. The number of nitrogens with one attached hydrogen (secondary N) is 1. The van der Waals surface area contributed by atoms with Gasteiger partial charge >= 0.3 is 0 Å². The van der Waals surface area contributed by atoms with Gasteiger partial charge in [-0.3, -0.25) is 11.3 Å². The Morgan fingerprint density at radius 2 is 1.93 bits per heavy atom. The Bertz CT molecular complexity index is 130. The van der Waals surface area contributed by atoms with E-state index < -0.39 is 0 Å². The van der Waals surface area contributed by atoms with E-state index in [4.69, 9.17) is 5.84 Å². The van der Waals surface area contributed by atoms with Crippen molar-refractivity contribution in [2.75, 3.05) is 5.75 Å². The second-order valence-electron chi connectivity index (χ2n) is 4.09. The first-order valence-corrected chi connectivity index (χ1v) is 6.78. The molecule has 0 spiro atoms. The molecule has 3 N–H and O–H groups in total. The summed E-state index contributed by atoms with van der Waals surface area (Å²) in [5.74, 6) is 7.38. The van der Waals surface area contributed by atoms with E-state index in [1.54, 1.807) is 0 Å². The summed E-state index contributed by atoms with van der Waals surface area (Å²) in [6, 6.07) is 0.467. The Kier molecular flexibility index (Phi) is 8.73. The van der Waals surface area contributed by atoms with Crippen LogP contribution in [0.15, 0.2) is 0 Å². The van der Waals surface area contributed by atoms with Crippen LogP contribution in [0.5, 0.6) is 0 Å². The average Bonchev–Trinajstić information content (AvgIpc) is 2.18. The predicted molar refractivity (Wildman–Crippen MR) is 67.4 cm³/mol. The predicted octanol–water partition coefficient (Wildman–Crippen LogP) is 2.79. The third-order valence-electron chi connectivity index (χ3n) is 2.78. The Hall–Kier alpha value is 0.270. The van der Waals surface area contributed by atoms with Crippen LogP contribution in [0, 0.1) is 5.92 Å². The normalized spacial score (nSPS) is 17.8. The maximum absolute atomic E-state index is 5.57. The number of hydrogen-bond acceptors (Lipinski definition) is 3. The molecule has 0 heterocycles. The molecule has 14 heavy (non-hydrogen) atoms. The van der Waals surface area contributed by atoms with Gasteiger partial charge in [-0.15, -0.1) is 0 Å². The number of thioether (sulfide) groups is 1. The summed E-state index contributed by atoms with van der Waals surface area (Å²) in [4.78, 5) is 0. The third-order valence-corrected chi connectivity index (χ3v) is 4.23. The fraction of sp³-hybridized carbons (Fsp3) is 1.00. The van der Waals surface area contributed by atoms with Crippen LogP contribution < -0.4 is 11.3 Å². The molecule has 0 aromatic carbocycles. The van der Waals surface area contributed by atoms with Crippen molar-refractivity contribution >= 4 is 11.8 Å². The van der Waals surface area contributed by atoms with Crippen molar-refractivity contribution in [3.8, 4) is 0 Å². The number of nitrogens with two attached hydrogens (primary N) is 1. The molecular formula is C11H26N2S. The summed E-state index contributed by atoms with van der Waals surface area (Å²) in [5.41, 5.74) is 2.95. The molecule has 0 aromatic rings. The smallest absolute Gasteiger partial charge is 0.0326 e. The molecule has 0 saturated heterocycles. The Morgan fingerprint density at radius 1 is 1.29 bits per heavy atom. The van der Waals surface area contributed by atoms with Gasteiger partial charge in [0.15, 0.2) is 0 Å². The fourth-order valence-electron chi connectivity index (χ4n) is 1.42. The molecule has 0 amide bonds. The topological polar surface area (TPSA) is 38.0 Å². The van der Waals surface area contributed by atoms with Gasteiger partial charge in [0.05, 0.1) is 0 Å². The van der Waals surface area contributed by atoms with Crippen molar-refractivity contribution in [3.63, 3.8) is 0 Å². The molecule has 0 aromatic heterocycles. The van der Waals surface area contributed by atoms with Crippen molar-refractivity contribution in [1.82, 2.24) is 5.43 Å². The fourth-order valence-corrected chi connectivity index (χ4v) is 2.62. The Labute approximate surface area is 93.4 Å². The Morgan fingerprint density at radius 3 is 2.36 bits per heavy atom. The highest BCUT2D eigenvalue weighted by molar-refractivity contribution is 7.99. The van der Waals surface area contributed by atoms with E-state index in [1.165, 1.54) is 19.3 Å². The van der Waals surface area contributed by atoms with Gasteiger partial charge in [0.2, 0.25) is 0 Å². The number of hydrogen-bond donors (Lipinski definition) is 2. The van der Waals surface area contributed by atoms with E-state index in [0.29, 0.717) is 12.0 Å². The second-order valence-corrected chi connectivity index (χ2v) is 5.56. The second kappa shape index (κ2) is 8.57. The van der Waals surface area contributed by atoms with E-state index in [-0.39, 0.29) is 0 Å². The van der Waals surface area contributed by atoms with Gasteiger partial charge in [-0.2, -0.15) is 11.8 Å². The molecule has 3 unspecified atom stereocenters. The van der Waals surface area contributed by atoms with Gasteiger partial charge < -0.3 is 0 Å². The minimum absolute atomic E-state index is 0.467. The van der Waals surface area contributed by atoms with Gasteiger partial charge in [0.25, 0.3) is 0 Å². The summed E-state index contributed by atoms with van der Waals surface area (Å²) < 4.78 is 0. The molecular weight excluding hydrogens is 192 g/mol. The molecule has 0 rings (SSSR count). The summed E-state index contributed by atoms with van der Waals surface area (Å²) in [6.07, 6.45) is 3.74. The standard InChI is InChI=1S/C11H26N2S/c1-5-7-9(3)11(13-12)8-14-10(4)6-2/h9-11,13H,5-8,12H2,1-4H3. The van der Waals surface area contributed by atoms with Gasteiger partial charge in [0, 0.05) is 17.0 Å². The SMILES string of the molecule is CCCC(C)C(CSC(C)CC)NN. The van der Waals surface area contributed by atoms with E-state index in [1.807, 2.05) is 11.8 Å².